The van der Waals surface area contributed by atoms with Crippen molar-refractivity contribution >= 4 is 0 Å². The highest BCUT2D eigenvalue weighted by Gasteiger charge is 2.26. The molecular formula is C12H18N2O. The maximum absolute atomic E-state index is 9.81. The number of hydrogen-bond donors (Lipinski definition) is 3. The lowest BCUT2D eigenvalue weighted by Gasteiger charge is -2.32. The average molecular weight is 206 g/mol. The Hall–Kier alpha value is -1.06. The molecule has 82 valence electrons. The molecule has 0 amide bonds. The number of phenolic OH excluding ortho intramolecular Hbond substituents is 1. The second kappa shape index (κ2) is 4.64. The van der Waals surface area contributed by atoms with Crippen LogP contribution in [0.1, 0.15) is 17.9 Å². The van der Waals surface area contributed by atoms with Gasteiger partial charge < -0.3 is 16.2 Å². The molecule has 0 bridgehead atoms. The predicted octanol–water partition coefficient (Wildman–Crippen LogP) is 1.04. The van der Waals surface area contributed by atoms with E-state index in [4.69, 9.17) is 5.73 Å². The quantitative estimate of drug-likeness (QED) is 0.677. The van der Waals surface area contributed by atoms with E-state index in [9.17, 15) is 5.11 Å². The van der Waals surface area contributed by atoms with E-state index in [1.165, 1.54) is 0 Å². The number of piperidine rings is 1. The molecule has 0 saturated carbocycles. The summed E-state index contributed by atoms with van der Waals surface area (Å²) in [5.41, 5.74) is 6.80. The summed E-state index contributed by atoms with van der Waals surface area (Å²) in [7, 11) is 0. The molecule has 2 rings (SSSR count). The summed E-state index contributed by atoms with van der Waals surface area (Å²) in [5.74, 6) is 1.23. The van der Waals surface area contributed by atoms with Crippen LogP contribution >= 0.6 is 0 Å². The van der Waals surface area contributed by atoms with Crippen molar-refractivity contribution in [3.05, 3.63) is 29.8 Å². The van der Waals surface area contributed by atoms with Gasteiger partial charge in [0.1, 0.15) is 5.75 Å². The molecule has 0 spiro atoms. The smallest absolute Gasteiger partial charge is 0.119 e. The van der Waals surface area contributed by atoms with Gasteiger partial charge in [-0.25, -0.2) is 0 Å². The molecule has 4 N–H and O–H groups in total. The lowest BCUT2D eigenvalue weighted by molar-refractivity contribution is 0.323. The first-order valence-electron chi connectivity index (χ1n) is 5.51. The molecule has 2 atom stereocenters. The Kier molecular flexibility index (Phi) is 3.23. The molecule has 3 nitrogen and oxygen atoms in total. The van der Waals surface area contributed by atoms with Crippen LogP contribution in [0, 0.1) is 5.92 Å². The molecule has 1 aliphatic heterocycles. The van der Waals surface area contributed by atoms with Crippen LogP contribution in [0.25, 0.3) is 0 Å². The summed E-state index contributed by atoms with van der Waals surface area (Å²) in [6.45, 7) is 2.64. The minimum Gasteiger partial charge on any atom is -0.508 e. The summed E-state index contributed by atoms with van der Waals surface area (Å²) in [5, 5.41) is 13.2. The molecule has 1 saturated heterocycles. The van der Waals surface area contributed by atoms with Crippen molar-refractivity contribution in [2.24, 2.45) is 11.7 Å². The Morgan fingerprint density at radius 3 is 2.93 bits per heavy atom. The molecule has 1 aromatic rings. The fourth-order valence-electron chi connectivity index (χ4n) is 2.36. The minimum absolute atomic E-state index is 0.352. The van der Waals surface area contributed by atoms with Gasteiger partial charge >= 0.3 is 0 Å². The van der Waals surface area contributed by atoms with E-state index in [1.807, 2.05) is 18.2 Å². The van der Waals surface area contributed by atoms with Gasteiger partial charge in [0.2, 0.25) is 0 Å². The Bertz CT molecular complexity index is 327. The standard InChI is InChI=1S/C12H18N2O/c13-7-9-5-6-14-8-11(9)10-3-1-2-4-12(10)15/h1-4,9,11,14-15H,5-8,13H2. The van der Waals surface area contributed by atoms with Gasteiger partial charge in [0, 0.05) is 12.5 Å². The highest BCUT2D eigenvalue weighted by Crippen LogP contribution is 2.33. The summed E-state index contributed by atoms with van der Waals surface area (Å²) in [6.07, 6.45) is 1.09. The largest absolute Gasteiger partial charge is 0.508 e. The first kappa shape index (κ1) is 10.5. The first-order chi connectivity index (χ1) is 7.33. The van der Waals surface area contributed by atoms with Crippen molar-refractivity contribution in [2.45, 2.75) is 12.3 Å². The van der Waals surface area contributed by atoms with Crippen LogP contribution in [0.3, 0.4) is 0 Å². The zero-order valence-corrected chi connectivity index (χ0v) is 8.82. The molecule has 3 heteroatoms. The zero-order valence-electron chi connectivity index (χ0n) is 8.82. The lowest BCUT2D eigenvalue weighted by atomic mass is 9.81. The molecule has 15 heavy (non-hydrogen) atoms. The van der Waals surface area contributed by atoms with E-state index in [1.54, 1.807) is 6.07 Å². The summed E-state index contributed by atoms with van der Waals surface area (Å²) >= 11 is 0. The normalized spacial score (nSPS) is 26.5. The Labute approximate surface area is 90.3 Å². The third kappa shape index (κ3) is 2.13. The SMILES string of the molecule is NCC1CCNCC1c1ccccc1O. The van der Waals surface area contributed by atoms with Gasteiger partial charge in [-0.1, -0.05) is 18.2 Å². The van der Waals surface area contributed by atoms with E-state index >= 15 is 0 Å². The molecule has 1 fully saturated rings. The Morgan fingerprint density at radius 2 is 2.20 bits per heavy atom. The van der Waals surface area contributed by atoms with E-state index < -0.39 is 0 Å². The van der Waals surface area contributed by atoms with Crippen LogP contribution in [0.4, 0.5) is 0 Å². The minimum atomic E-state index is 0.352. The fraction of sp³-hybridized carbons (Fsp3) is 0.500. The number of nitrogens with two attached hydrogens (primary N) is 1. The second-order valence-electron chi connectivity index (χ2n) is 4.15. The topological polar surface area (TPSA) is 58.3 Å². The van der Waals surface area contributed by atoms with Crippen LogP contribution in [0.2, 0.25) is 0 Å². The number of aromatic hydroxyl groups is 1. The maximum atomic E-state index is 9.81. The lowest BCUT2D eigenvalue weighted by Crippen LogP contribution is -2.38. The molecular weight excluding hydrogens is 188 g/mol. The van der Waals surface area contributed by atoms with Gasteiger partial charge in [0.25, 0.3) is 0 Å². The maximum Gasteiger partial charge on any atom is 0.119 e. The highest BCUT2D eigenvalue weighted by molar-refractivity contribution is 5.36. The zero-order chi connectivity index (χ0) is 10.7. The summed E-state index contributed by atoms with van der Waals surface area (Å²) in [4.78, 5) is 0. The van der Waals surface area contributed by atoms with Crippen LogP contribution in [0.15, 0.2) is 24.3 Å². The molecule has 0 radical (unpaired) electrons. The molecule has 0 aromatic heterocycles. The second-order valence-corrected chi connectivity index (χ2v) is 4.15. The monoisotopic (exact) mass is 206 g/mol. The van der Waals surface area contributed by atoms with Crippen LogP contribution in [-0.4, -0.2) is 24.7 Å². The first-order valence-corrected chi connectivity index (χ1v) is 5.51. The Morgan fingerprint density at radius 1 is 1.40 bits per heavy atom. The van der Waals surface area contributed by atoms with Crippen molar-refractivity contribution < 1.29 is 5.11 Å². The highest BCUT2D eigenvalue weighted by atomic mass is 16.3. The van der Waals surface area contributed by atoms with Crippen molar-refractivity contribution in [1.29, 1.82) is 0 Å². The van der Waals surface area contributed by atoms with Gasteiger partial charge in [-0.15, -0.1) is 0 Å². The Balaban J connectivity index is 2.24. The van der Waals surface area contributed by atoms with Gasteiger partial charge in [-0.3, -0.25) is 0 Å². The number of benzene rings is 1. The van der Waals surface area contributed by atoms with E-state index in [2.05, 4.69) is 5.32 Å². The average Bonchev–Trinajstić information content (AvgIpc) is 2.30. The number of para-hydroxylation sites is 1. The summed E-state index contributed by atoms with van der Waals surface area (Å²) < 4.78 is 0. The number of phenols is 1. The fourth-order valence-corrected chi connectivity index (χ4v) is 2.36. The number of nitrogens with one attached hydrogen (secondary N) is 1. The number of rotatable bonds is 2. The predicted molar refractivity (Wildman–Crippen MR) is 60.9 cm³/mol. The van der Waals surface area contributed by atoms with Gasteiger partial charge in [-0.2, -0.15) is 0 Å². The van der Waals surface area contributed by atoms with Crippen molar-refractivity contribution in [2.75, 3.05) is 19.6 Å². The summed E-state index contributed by atoms with van der Waals surface area (Å²) in [6, 6.07) is 7.57. The molecule has 1 aromatic carbocycles. The van der Waals surface area contributed by atoms with Crippen LogP contribution in [0.5, 0.6) is 5.75 Å². The van der Waals surface area contributed by atoms with Crippen molar-refractivity contribution in [3.63, 3.8) is 0 Å². The van der Waals surface area contributed by atoms with E-state index in [-0.39, 0.29) is 0 Å². The van der Waals surface area contributed by atoms with Crippen molar-refractivity contribution in [3.8, 4) is 5.75 Å². The van der Waals surface area contributed by atoms with Crippen LogP contribution in [-0.2, 0) is 0 Å². The van der Waals surface area contributed by atoms with Gasteiger partial charge in [0.15, 0.2) is 0 Å². The molecule has 2 unspecified atom stereocenters. The van der Waals surface area contributed by atoms with Crippen LogP contribution < -0.4 is 11.1 Å². The third-order valence-electron chi connectivity index (χ3n) is 3.26. The van der Waals surface area contributed by atoms with E-state index in [0.29, 0.717) is 24.1 Å². The molecule has 1 aliphatic rings. The molecule has 1 heterocycles. The third-order valence-corrected chi connectivity index (χ3v) is 3.26. The number of hydrogen-bond acceptors (Lipinski definition) is 3. The van der Waals surface area contributed by atoms with Gasteiger partial charge in [0.05, 0.1) is 0 Å². The molecule has 0 aliphatic carbocycles. The van der Waals surface area contributed by atoms with E-state index in [0.717, 1.165) is 25.1 Å². The van der Waals surface area contributed by atoms with Gasteiger partial charge in [-0.05, 0) is 37.1 Å². The van der Waals surface area contributed by atoms with Crippen molar-refractivity contribution in [1.82, 2.24) is 5.32 Å².